The van der Waals surface area contributed by atoms with Gasteiger partial charge in [0.1, 0.15) is 0 Å². The van der Waals surface area contributed by atoms with Crippen LogP contribution in [0.1, 0.15) is 34.1 Å². The van der Waals surface area contributed by atoms with Gasteiger partial charge in [-0.1, -0.05) is 12.1 Å². The number of nitrogens with one attached hydrogen (secondary N) is 2. The van der Waals surface area contributed by atoms with Gasteiger partial charge in [-0.05, 0) is 19.1 Å². The number of carbonyl (C=O) groups is 3. The zero-order chi connectivity index (χ0) is 17.7. The van der Waals surface area contributed by atoms with E-state index in [9.17, 15) is 22.8 Å². The highest BCUT2D eigenvalue weighted by atomic mass is 32.2. The molecule has 130 valence electrons. The van der Waals surface area contributed by atoms with Crippen LogP contribution in [0.3, 0.4) is 0 Å². The minimum Gasteiger partial charge on any atom is -0.355 e. The summed E-state index contributed by atoms with van der Waals surface area (Å²) in [6, 6.07) is 6.51. The lowest BCUT2D eigenvalue weighted by atomic mass is 10.1. The zero-order valence-electron chi connectivity index (χ0n) is 13.2. The molecule has 3 amide bonds. The van der Waals surface area contributed by atoms with Crippen LogP contribution in [0.25, 0.3) is 0 Å². The molecule has 0 saturated heterocycles. The Balaban J connectivity index is 1.77. The third-order valence-corrected chi connectivity index (χ3v) is 4.99. The molecule has 1 aromatic rings. The molecular formula is C15H19N3O5S. The highest BCUT2D eigenvalue weighted by Crippen LogP contribution is 2.22. The summed E-state index contributed by atoms with van der Waals surface area (Å²) in [6.45, 7) is 1.73. The quantitative estimate of drug-likeness (QED) is 0.493. The monoisotopic (exact) mass is 353 g/mol. The summed E-state index contributed by atoms with van der Waals surface area (Å²) in [5.41, 5.74) is 0.689. The second kappa shape index (κ2) is 7.54. The number of hydrogen-bond donors (Lipinski definition) is 2. The van der Waals surface area contributed by atoms with Gasteiger partial charge in [0.25, 0.3) is 11.8 Å². The van der Waals surface area contributed by atoms with Gasteiger partial charge in [0, 0.05) is 26.1 Å². The largest absolute Gasteiger partial charge is 0.355 e. The Morgan fingerprint density at radius 1 is 1.08 bits per heavy atom. The molecule has 0 radical (unpaired) electrons. The Morgan fingerprint density at radius 3 is 2.21 bits per heavy atom. The topological polar surface area (TPSA) is 113 Å². The van der Waals surface area contributed by atoms with Crippen LogP contribution >= 0.6 is 0 Å². The zero-order valence-corrected chi connectivity index (χ0v) is 14.1. The number of rotatable bonds is 8. The van der Waals surface area contributed by atoms with Crippen LogP contribution in [0.5, 0.6) is 0 Å². The molecule has 0 aromatic heterocycles. The van der Waals surface area contributed by atoms with Crippen molar-refractivity contribution < 1.29 is 22.8 Å². The second-order valence-corrected chi connectivity index (χ2v) is 7.30. The number of benzene rings is 1. The van der Waals surface area contributed by atoms with Gasteiger partial charge in [-0.15, -0.1) is 0 Å². The Morgan fingerprint density at radius 2 is 1.67 bits per heavy atom. The molecule has 1 aliphatic rings. The number of hydrogen-bond acceptors (Lipinski definition) is 5. The Labute approximate surface area is 140 Å². The summed E-state index contributed by atoms with van der Waals surface area (Å²) in [5, 5.41) is 2.54. The highest BCUT2D eigenvalue weighted by molar-refractivity contribution is 7.89. The van der Waals surface area contributed by atoms with Crippen molar-refractivity contribution in [1.82, 2.24) is 14.9 Å². The average Bonchev–Trinajstić information content (AvgIpc) is 2.81. The van der Waals surface area contributed by atoms with E-state index in [1.807, 2.05) is 0 Å². The first-order chi connectivity index (χ1) is 11.4. The summed E-state index contributed by atoms with van der Waals surface area (Å²) >= 11 is 0. The molecule has 9 heteroatoms. The van der Waals surface area contributed by atoms with E-state index in [-0.39, 0.29) is 37.7 Å². The van der Waals surface area contributed by atoms with Crippen molar-refractivity contribution in [3.8, 4) is 0 Å². The molecule has 0 unspecified atom stereocenters. The number of sulfonamides is 1. The minimum atomic E-state index is -3.29. The standard InChI is InChI=1S/C15H19N3O5S/c1-2-24(22,23)17-9-8-16-13(19)7-10-18-14(20)11-5-3-4-6-12(11)15(18)21/h3-6,17H,2,7-10H2,1H3,(H,16,19). The number of nitrogens with zero attached hydrogens (tertiary/aromatic N) is 1. The van der Waals surface area contributed by atoms with Crippen molar-refractivity contribution in [3.05, 3.63) is 35.4 Å². The molecule has 2 rings (SSSR count). The maximum atomic E-state index is 12.1. The third-order valence-electron chi connectivity index (χ3n) is 3.59. The summed E-state index contributed by atoms with van der Waals surface area (Å²) in [5.74, 6) is -1.19. The van der Waals surface area contributed by atoms with Crippen LogP contribution < -0.4 is 10.0 Å². The van der Waals surface area contributed by atoms with Gasteiger partial charge < -0.3 is 5.32 Å². The van der Waals surface area contributed by atoms with Gasteiger partial charge in [-0.25, -0.2) is 13.1 Å². The fourth-order valence-corrected chi connectivity index (χ4v) is 2.87. The summed E-state index contributed by atoms with van der Waals surface area (Å²) < 4.78 is 24.8. The predicted octanol–water partition coefficient (Wildman–Crippen LogP) is -0.272. The van der Waals surface area contributed by atoms with Crippen molar-refractivity contribution in [2.45, 2.75) is 13.3 Å². The van der Waals surface area contributed by atoms with E-state index in [4.69, 9.17) is 0 Å². The predicted molar refractivity (Wildman–Crippen MR) is 86.9 cm³/mol. The number of carbonyl (C=O) groups excluding carboxylic acids is 3. The van der Waals surface area contributed by atoms with Crippen LogP contribution in [-0.2, 0) is 14.8 Å². The van der Waals surface area contributed by atoms with E-state index in [1.54, 1.807) is 24.3 Å². The molecule has 0 bridgehead atoms. The molecule has 24 heavy (non-hydrogen) atoms. The van der Waals surface area contributed by atoms with Crippen LogP contribution in [0, 0.1) is 0 Å². The first kappa shape index (κ1) is 18.1. The van der Waals surface area contributed by atoms with E-state index in [0.717, 1.165) is 4.90 Å². The van der Waals surface area contributed by atoms with E-state index >= 15 is 0 Å². The summed E-state index contributed by atoms with van der Waals surface area (Å²) in [4.78, 5) is 37.0. The van der Waals surface area contributed by atoms with Crippen molar-refractivity contribution in [1.29, 1.82) is 0 Å². The fraction of sp³-hybridized carbons (Fsp3) is 0.400. The van der Waals surface area contributed by atoms with Gasteiger partial charge >= 0.3 is 0 Å². The average molecular weight is 353 g/mol. The lowest BCUT2D eigenvalue weighted by molar-refractivity contribution is -0.121. The Hall–Kier alpha value is -2.26. The normalized spacial score (nSPS) is 14.0. The maximum Gasteiger partial charge on any atom is 0.261 e. The summed E-state index contributed by atoms with van der Waals surface area (Å²) in [6.07, 6.45) is -0.0357. The van der Waals surface area contributed by atoms with Crippen molar-refractivity contribution in [3.63, 3.8) is 0 Å². The molecule has 0 spiro atoms. The lowest BCUT2D eigenvalue weighted by Gasteiger charge is -2.13. The molecule has 0 atom stereocenters. The van der Waals surface area contributed by atoms with Crippen LogP contribution in [0.2, 0.25) is 0 Å². The van der Waals surface area contributed by atoms with Gasteiger partial charge in [-0.2, -0.15) is 0 Å². The van der Waals surface area contributed by atoms with E-state index in [0.29, 0.717) is 11.1 Å². The molecular weight excluding hydrogens is 334 g/mol. The molecule has 0 saturated carbocycles. The molecule has 1 aromatic carbocycles. The van der Waals surface area contributed by atoms with Gasteiger partial charge in [0.2, 0.25) is 15.9 Å². The maximum absolute atomic E-state index is 12.1. The van der Waals surface area contributed by atoms with Gasteiger partial charge in [-0.3, -0.25) is 19.3 Å². The molecule has 2 N–H and O–H groups in total. The van der Waals surface area contributed by atoms with Crippen molar-refractivity contribution >= 4 is 27.7 Å². The SMILES string of the molecule is CCS(=O)(=O)NCCNC(=O)CCN1C(=O)c2ccccc2C1=O. The van der Waals surface area contributed by atoms with Crippen molar-refractivity contribution in [2.75, 3.05) is 25.4 Å². The van der Waals surface area contributed by atoms with E-state index < -0.39 is 21.8 Å². The van der Waals surface area contributed by atoms with Crippen LogP contribution in [-0.4, -0.2) is 56.4 Å². The molecule has 1 aliphatic heterocycles. The Bertz CT molecular complexity index is 725. The van der Waals surface area contributed by atoms with E-state index in [2.05, 4.69) is 10.0 Å². The van der Waals surface area contributed by atoms with Crippen LogP contribution in [0.4, 0.5) is 0 Å². The number of imide groups is 1. The summed E-state index contributed by atoms with van der Waals surface area (Å²) in [7, 11) is -3.29. The highest BCUT2D eigenvalue weighted by Gasteiger charge is 2.34. The minimum absolute atomic E-state index is 0.0150. The Kier molecular flexibility index (Phi) is 5.68. The number of amides is 3. The smallest absolute Gasteiger partial charge is 0.261 e. The molecule has 8 nitrogen and oxygen atoms in total. The van der Waals surface area contributed by atoms with Gasteiger partial charge in [0.15, 0.2) is 0 Å². The van der Waals surface area contributed by atoms with Gasteiger partial charge in [0.05, 0.1) is 16.9 Å². The second-order valence-electron chi connectivity index (χ2n) is 5.21. The first-order valence-electron chi connectivity index (χ1n) is 7.55. The van der Waals surface area contributed by atoms with Crippen LogP contribution in [0.15, 0.2) is 24.3 Å². The molecule has 1 heterocycles. The lowest BCUT2D eigenvalue weighted by Crippen LogP contribution is -2.38. The molecule has 0 fully saturated rings. The number of fused-ring (bicyclic) bond motifs is 1. The molecule has 0 aliphatic carbocycles. The van der Waals surface area contributed by atoms with E-state index in [1.165, 1.54) is 6.92 Å². The first-order valence-corrected chi connectivity index (χ1v) is 9.20. The fourth-order valence-electron chi connectivity index (χ4n) is 2.25. The van der Waals surface area contributed by atoms with Crippen molar-refractivity contribution in [2.24, 2.45) is 0 Å². The third kappa shape index (κ3) is 4.18.